The highest BCUT2D eigenvalue weighted by Crippen LogP contribution is 2.17. The second kappa shape index (κ2) is 9.08. The van der Waals surface area contributed by atoms with Gasteiger partial charge in [-0.2, -0.15) is 15.0 Å². The van der Waals surface area contributed by atoms with E-state index in [0.29, 0.717) is 6.42 Å². The van der Waals surface area contributed by atoms with E-state index in [1.54, 1.807) is 18.6 Å². The van der Waals surface area contributed by atoms with E-state index in [1.165, 1.54) is 31.4 Å². The van der Waals surface area contributed by atoms with Crippen molar-refractivity contribution in [3.63, 3.8) is 0 Å². The molecule has 1 heterocycles. The highest BCUT2D eigenvalue weighted by atomic mass is 32.2. The van der Waals surface area contributed by atoms with Crippen molar-refractivity contribution in [2.24, 2.45) is 0 Å². The Morgan fingerprint density at radius 3 is 2.54 bits per heavy atom. The number of anilines is 1. The Balaban J connectivity index is 2.21. The molecule has 2 N–H and O–H groups in total. The smallest absolute Gasteiger partial charge is 0.339 e. The molecule has 0 radical (unpaired) electrons. The first-order valence-corrected chi connectivity index (χ1v) is 9.61. The molecule has 0 aliphatic rings. The topological polar surface area (TPSA) is 149 Å². The van der Waals surface area contributed by atoms with Gasteiger partial charge in [0.05, 0.1) is 19.3 Å². The van der Waals surface area contributed by atoms with Crippen molar-refractivity contribution in [3.05, 3.63) is 35.7 Å². The molecule has 1 aromatic heterocycles. The molecule has 0 saturated carbocycles. The molecule has 0 aliphatic carbocycles. The molecule has 0 spiro atoms. The first kappa shape index (κ1) is 21.0. The van der Waals surface area contributed by atoms with Gasteiger partial charge in [0.2, 0.25) is 5.95 Å². The summed E-state index contributed by atoms with van der Waals surface area (Å²) in [6.07, 6.45) is 0.579. The van der Waals surface area contributed by atoms with Gasteiger partial charge in [-0.15, -0.1) is 0 Å². The van der Waals surface area contributed by atoms with Crippen LogP contribution in [0.4, 0.5) is 10.7 Å². The minimum Gasteiger partial charge on any atom is -0.467 e. The van der Waals surface area contributed by atoms with E-state index in [9.17, 15) is 18.0 Å². The Labute approximate surface area is 161 Å². The molecular formula is C16H19N5O6S. The number of amides is 2. The number of hydrogen-bond acceptors (Lipinski definition) is 9. The number of aryl methyl sites for hydroxylation is 1. The maximum absolute atomic E-state index is 12.6. The van der Waals surface area contributed by atoms with Gasteiger partial charge in [0.25, 0.3) is 10.0 Å². The Kier molecular flexibility index (Phi) is 6.82. The highest BCUT2D eigenvalue weighted by molar-refractivity contribution is 7.90. The van der Waals surface area contributed by atoms with Crippen LogP contribution in [-0.2, 0) is 14.8 Å². The van der Waals surface area contributed by atoms with Crippen LogP contribution < -0.4 is 14.8 Å². The van der Waals surface area contributed by atoms with Crippen LogP contribution in [0.1, 0.15) is 29.5 Å². The Hall–Kier alpha value is -3.28. The summed E-state index contributed by atoms with van der Waals surface area (Å²) in [7, 11) is -3.04. The summed E-state index contributed by atoms with van der Waals surface area (Å²) in [5.41, 5.74) is -0.186. The third-order valence-corrected chi connectivity index (χ3v) is 4.58. The van der Waals surface area contributed by atoms with Gasteiger partial charge < -0.3 is 9.47 Å². The number of carbonyl (C=O) groups is 2. The predicted octanol–water partition coefficient (Wildman–Crippen LogP) is 1.27. The van der Waals surface area contributed by atoms with Crippen LogP contribution in [0, 0.1) is 6.92 Å². The summed E-state index contributed by atoms with van der Waals surface area (Å²) in [5, 5.41) is 2.18. The van der Waals surface area contributed by atoms with Gasteiger partial charge in [-0.05, 0) is 25.5 Å². The minimum absolute atomic E-state index is 0.0466. The number of urea groups is 1. The number of hydrogen-bond donors (Lipinski definition) is 2. The summed E-state index contributed by atoms with van der Waals surface area (Å²) in [5.74, 6) is -0.747. The number of nitrogens with zero attached hydrogens (tertiary/aromatic N) is 3. The number of esters is 1. The van der Waals surface area contributed by atoms with E-state index in [-0.39, 0.29) is 30.0 Å². The molecular weight excluding hydrogens is 390 g/mol. The number of rotatable bonds is 7. The van der Waals surface area contributed by atoms with Crippen LogP contribution in [0.2, 0.25) is 0 Å². The van der Waals surface area contributed by atoms with E-state index in [2.05, 4.69) is 20.3 Å². The fraction of sp³-hybridized carbons (Fsp3) is 0.312. The van der Waals surface area contributed by atoms with Crippen molar-refractivity contribution in [2.45, 2.75) is 25.2 Å². The zero-order chi connectivity index (χ0) is 20.7. The van der Waals surface area contributed by atoms with Gasteiger partial charge in [-0.1, -0.05) is 19.1 Å². The number of nitrogens with one attached hydrogen (secondary N) is 2. The van der Waals surface area contributed by atoms with E-state index >= 15 is 0 Å². The van der Waals surface area contributed by atoms with Crippen LogP contribution in [0.3, 0.4) is 0 Å². The molecule has 28 heavy (non-hydrogen) atoms. The molecule has 150 valence electrons. The number of carbonyl (C=O) groups excluding carboxylic acids is 2. The largest absolute Gasteiger partial charge is 0.467 e. The fourth-order valence-corrected chi connectivity index (χ4v) is 3.15. The minimum atomic E-state index is -4.37. The lowest BCUT2D eigenvalue weighted by molar-refractivity contribution is 0.0500. The van der Waals surface area contributed by atoms with Crippen LogP contribution in [0.5, 0.6) is 6.01 Å². The summed E-state index contributed by atoms with van der Waals surface area (Å²) in [6.45, 7) is 3.49. The summed E-state index contributed by atoms with van der Waals surface area (Å²) < 4.78 is 36.8. The summed E-state index contributed by atoms with van der Waals surface area (Å²) >= 11 is 0. The van der Waals surface area contributed by atoms with Gasteiger partial charge in [0.1, 0.15) is 10.7 Å². The SMILES string of the molecule is CCCOC(=O)c1ccccc1S(=O)(=O)NC(=O)Nc1nc(C)nc(OC)n1. The molecule has 0 unspecified atom stereocenters. The molecule has 0 atom stereocenters. The van der Waals surface area contributed by atoms with Crippen molar-refractivity contribution in [1.82, 2.24) is 19.7 Å². The first-order valence-electron chi connectivity index (χ1n) is 8.13. The molecule has 0 fully saturated rings. The van der Waals surface area contributed by atoms with Crippen molar-refractivity contribution in [3.8, 4) is 6.01 Å². The number of ether oxygens (including phenoxy) is 2. The van der Waals surface area contributed by atoms with E-state index < -0.39 is 26.9 Å². The van der Waals surface area contributed by atoms with Crippen LogP contribution in [0.25, 0.3) is 0 Å². The Morgan fingerprint density at radius 2 is 1.86 bits per heavy atom. The Morgan fingerprint density at radius 1 is 1.14 bits per heavy atom. The third kappa shape index (κ3) is 5.36. The molecule has 1 aromatic carbocycles. The van der Waals surface area contributed by atoms with E-state index in [4.69, 9.17) is 9.47 Å². The molecule has 0 saturated heterocycles. The van der Waals surface area contributed by atoms with Gasteiger partial charge in [-0.25, -0.2) is 22.7 Å². The molecule has 2 rings (SSSR count). The van der Waals surface area contributed by atoms with Gasteiger partial charge in [0, 0.05) is 0 Å². The van der Waals surface area contributed by atoms with Crippen LogP contribution in [-0.4, -0.2) is 49.1 Å². The number of aromatic nitrogens is 3. The van der Waals surface area contributed by atoms with Gasteiger partial charge in [-0.3, -0.25) is 5.32 Å². The monoisotopic (exact) mass is 409 g/mol. The summed E-state index contributed by atoms with van der Waals surface area (Å²) in [4.78, 5) is 35.3. The second-order valence-electron chi connectivity index (χ2n) is 5.38. The predicted molar refractivity (Wildman–Crippen MR) is 97.5 cm³/mol. The fourth-order valence-electron chi connectivity index (χ4n) is 2.05. The van der Waals surface area contributed by atoms with E-state index in [0.717, 1.165) is 0 Å². The zero-order valence-corrected chi connectivity index (χ0v) is 16.2. The third-order valence-electron chi connectivity index (χ3n) is 3.20. The van der Waals surface area contributed by atoms with E-state index in [1.807, 2.05) is 0 Å². The summed E-state index contributed by atoms with van der Waals surface area (Å²) in [6, 6.07) is 4.23. The average molecular weight is 409 g/mol. The van der Waals surface area contributed by atoms with Gasteiger partial charge >= 0.3 is 18.0 Å². The number of sulfonamides is 1. The van der Waals surface area contributed by atoms with Crippen LogP contribution >= 0.6 is 0 Å². The van der Waals surface area contributed by atoms with Crippen LogP contribution in [0.15, 0.2) is 29.2 Å². The first-order chi connectivity index (χ1) is 13.3. The average Bonchev–Trinajstić information content (AvgIpc) is 2.65. The van der Waals surface area contributed by atoms with Crippen molar-refractivity contribution < 1.29 is 27.5 Å². The maximum Gasteiger partial charge on any atom is 0.339 e. The van der Waals surface area contributed by atoms with Crippen molar-refractivity contribution in [1.29, 1.82) is 0 Å². The lowest BCUT2D eigenvalue weighted by Crippen LogP contribution is -2.35. The Bertz CT molecular complexity index is 979. The number of benzene rings is 1. The second-order valence-corrected chi connectivity index (χ2v) is 7.04. The lowest BCUT2D eigenvalue weighted by atomic mass is 10.2. The molecule has 11 nitrogen and oxygen atoms in total. The quantitative estimate of drug-likeness (QED) is 0.644. The molecule has 0 aliphatic heterocycles. The molecule has 0 bridgehead atoms. The molecule has 12 heteroatoms. The molecule has 2 aromatic rings. The van der Waals surface area contributed by atoms with Gasteiger partial charge in [0.15, 0.2) is 0 Å². The standard InChI is InChI=1S/C16H19N5O6S/c1-4-9-27-13(22)11-7-5-6-8-12(11)28(24,25)21-15(23)19-14-17-10(2)18-16(20-14)26-3/h5-8H,4,9H2,1-3H3,(H2,17,18,19,20,21,23). The lowest BCUT2D eigenvalue weighted by Gasteiger charge is -2.11. The highest BCUT2D eigenvalue weighted by Gasteiger charge is 2.25. The van der Waals surface area contributed by atoms with Crippen molar-refractivity contribution >= 4 is 28.0 Å². The van der Waals surface area contributed by atoms with Crippen molar-refractivity contribution in [2.75, 3.05) is 19.0 Å². The number of methoxy groups -OCH3 is 1. The zero-order valence-electron chi connectivity index (χ0n) is 15.4. The maximum atomic E-state index is 12.6. The molecule has 2 amide bonds. The normalized spacial score (nSPS) is 10.8.